The summed E-state index contributed by atoms with van der Waals surface area (Å²) in [5.41, 5.74) is 10.4. The lowest BCUT2D eigenvalue weighted by molar-refractivity contribution is 0.795. The van der Waals surface area contributed by atoms with Crippen LogP contribution in [0.4, 0.5) is 0 Å². The molecule has 0 saturated heterocycles. The van der Waals surface area contributed by atoms with E-state index in [0.717, 1.165) is 12.0 Å². The molecule has 0 atom stereocenters. The number of hydrogen-bond donors (Lipinski definition) is 0. The van der Waals surface area contributed by atoms with Crippen LogP contribution in [0.1, 0.15) is 30.9 Å². The zero-order valence-corrected chi connectivity index (χ0v) is 9.48. The molecule has 0 aliphatic rings. The highest BCUT2D eigenvalue weighted by atomic mass is 15.1. The van der Waals surface area contributed by atoms with Gasteiger partial charge in [0.05, 0.1) is 6.54 Å². The van der Waals surface area contributed by atoms with Gasteiger partial charge < -0.3 is 0 Å². The summed E-state index contributed by atoms with van der Waals surface area (Å²) in [5, 5.41) is 3.35. The van der Waals surface area contributed by atoms with Crippen LogP contribution in [0.5, 0.6) is 0 Å². The number of unbranched alkanes of at least 4 members (excludes halogenated alkanes) is 1. The van der Waals surface area contributed by atoms with Crippen LogP contribution in [0.3, 0.4) is 0 Å². The summed E-state index contributed by atoms with van der Waals surface area (Å²) >= 11 is 0. The summed E-state index contributed by atoms with van der Waals surface area (Å²) < 4.78 is 0. The van der Waals surface area contributed by atoms with Crippen LogP contribution in [0.2, 0.25) is 0 Å². The topological polar surface area (TPSA) is 48.8 Å². The highest BCUT2D eigenvalue weighted by Crippen LogP contribution is 2.06. The van der Waals surface area contributed by atoms with Gasteiger partial charge in [-0.15, -0.1) is 0 Å². The summed E-state index contributed by atoms with van der Waals surface area (Å²) in [5.74, 6) is 5.74. The maximum absolute atomic E-state index is 8.07. The second-order valence-electron chi connectivity index (χ2n) is 3.49. The fourth-order valence-electron chi connectivity index (χ4n) is 1.34. The lowest BCUT2D eigenvalue weighted by Gasteiger charge is -1.98. The molecular weight excluding hydrogens is 198 g/mol. The lowest BCUT2D eigenvalue weighted by atomic mass is 10.1. The van der Waals surface area contributed by atoms with E-state index in [1.165, 1.54) is 18.4 Å². The molecule has 1 rings (SSSR count). The zero-order valence-electron chi connectivity index (χ0n) is 9.48. The highest BCUT2D eigenvalue weighted by Gasteiger charge is 1.91. The second kappa shape index (κ2) is 7.39. The molecule has 0 N–H and O–H groups in total. The summed E-state index contributed by atoms with van der Waals surface area (Å²) in [6, 6.07) is 8.22. The molecule has 1 aromatic rings. The molecule has 0 saturated carbocycles. The standard InChI is InChI=1S/C13H15N3/c1-2-3-5-12-7-9-13(10-8-12)6-4-11-15-16-14/h7-10H,2-3,5,11H2,1H3. The van der Waals surface area contributed by atoms with Crippen LogP contribution in [0.15, 0.2) is 29.4 Å². The van der Waals surface area contributed by atoms with Gasteiger partial charge in [-0.25, -0.2) is 0 Å². The molecule has 0 unspecified atom stereocenters. The number of rotatable bonds is 4. The van der Waals surface area contributed by atoms with Gasteiger partial charge in [0.2, 0.25) is 0 Å². The van der Waals surface area contributed by atoms with E-state index in [2.05, 4.69) is 40.9 Å². The van der Waals surface area contributed by atoms with Crippen LogP contribution in [-0.2, 0) is 6.42 Å². The summed E-state index contributed by atoms with van der Waals surface area (Å²) in [7, 11) is 0. The Hall–Kier alpha value is -1.91. The minimum atomic E-state index is 0.230. The molecule has 3 heteroatoms. The maximum atomic E-state index is 8.07. The van der Waals surface area contributed by atoms with Crippen LogP contribution in [0.25, 0.3) is 10.4 Å². The fraction of sp³-hybridized carbons (Fsp3) is 0.385. The smallest absolute Gasteiger partial charge is 0.0880 e. The number of benzene rings is 1. The molecule has 0 fully saturated rings. The summed E-state index contributed by atoms with van der Waals surface area (Å²) in [6.07, 6.45) is 3.57. The Kier molecular flexibility index (Phi) is 5.62. The van der Waals surface area contributed by atoms with Crippen LogP contribution >= 0.6 is 0 Å². The molecule has 82 valence electrons. The monoisotopic (exact) mass is 213 g/mol. The molecule has 0 bridgehead atoms. The van der Waals surface area contributed by atoms with E-state index in [9.17, 15) is 0 Å². The van der Waals surface area contributed by atoms with Crippen molar-refractivity contribution in [3.8, 4) is 11.8 Å². The molecule has 3 nitrogen and oxygen atoms in total. The number of hydrogen-bond acceptors (Lipinski definition) is 1. The van der Waals surface area contributed by atoms with Crippen molar-refractivity contribution in [3.05, 3.63) is 45.8 Å². The molecule has 1 aromatic carbocycles. The first kappa shape index (κ1) is 12.2. The van der Waals surface area contributed by atoms with E-state index in [1.54, 1.807) is 0 Å². The Morgan fingerprint density at radius 3 is 2.69 bits per heavy atom. The first-order valence-electron chi connectivity index (χ1n) is 5.45. The third-order valence-corrected chi connectivity index (χ3v) is 2.22. The molecule has 0 heterocycles. The first-order valence-corrected chi connectivity index (χ1v) is 5.45. The van der Waals surface area contributed by atoms with Gasteiger partial charge in [-0.05, 0) is 36.1 Å². The summed E-state index contributed by atoms with van der Waals surface area (Å²) in [4.78, 5) is 2.64. The minimum absolute atomic E-state index is 0.230. The van der Waals surface area contributed by atoms with Crippen molar-refractivity contribution in [1.82, 2.24) is 0 Å². The van der Waals surface area contributed by atoms with Gasteiger partial charge in [-0.2, -0.15) is 0 Å². The van der Waals surface area contributed by atoms with Crippen LogP contribution in [0, 0.1) is 11.8 Å². The Bertz CT molecular complexity index is 417. The van der Waals surface area contributed by atoms with Crippen molar-refractivity contribution in [2.75, 3.05) is 6.54 Å². The van der Waals surface area contributed by atoms with Gasteiger partial charge in [0.1, 0.15) is 0 Å². The Labute approximate surface area is 96.1 Å². The Morgan fingerprint density at radius 1 is 1.31 bits per heavy atom. The van der Waals surface area contributed by atoms with Gasteiger partial charge in [0, 0.05) is 10.5 Å². The third kappa shape index (κ3) is 4.54. The fourth-order valence-corrected chi connectivity index (χ4v) is 1.34. The molecule has 0 spiro atoms. The number of azide groups is 1. The minimum Gasteiger partial charge on any atom is -0.0919 e. The van der Waals surface area contributed by atoms with E-state index >= 15 is 0 Å². The third-order valence-electron chi connectivity index (χ3n) is 2.22. The largest absolute Gasteiger partial charge is 0.0919 e. The van der Waals surface area contributed by atoms with Crippen LogP contribution < -0.4 is 0 Å². The number of nitrogens with zero attached hydrogens (tertiary/aromatic N) is 3. The van der Waals surface area contributed by atoms with Crippen LogP contribution in [-0.4, -0.2) is 6.54 Å². The molecule has 0 aliphatic heterocycles. The first-order chi connectivity index (χ1) is 7.86. The zero-order chi connectivity index (χ0) is 11.6. The van der Waals surface area contributed by atoms with Crippen molar-refractivity contribution < 1.29 is 0 Å². The summed E-state index contributed by atoms with van der Waals surface area (Å²) in [6.45, 7) is 2.42. The predicted octanol–water partition coefficient (Wildman–Crippen LogP) is 3.69. The Balaban J connectivity index is 2.55. The van der Waals surface area contributed by atoms with Gasteiger partial charge in [0.25, 0.3) is 0 Å². The Morgan fingerprint density at radius 2 is 2.06 bits per heavy atom. The lowest BCUT2D eigenvalue weighted by Crippen LogP contribution is -1.84. The predicted molar refractivity (Wildman–Crippen MR) is 65.9 cm³/mol. The van der Waals surface area contributed by atoms with E-state index in [1.807, 2.05) is 12.1 Å². The normalized spacial score (nSPS) is 8.81. The second-order valence-corrected chi connectivity index (χ2v) is 3.49. The molecule has 16 heavy (non-hydrogen) atoms. The van der Waals surface area contributed by atoms with E-state index in [0.29, 0.717) is 0 Å². The maximum Gasteiger partial charge on any atom is 0.0880 e. The van der Waals surface area contributed by atoms with E-state index in [4.69, 9.17) is 5.53 Å². The number of aryl methyl sites for hydroxylation is 1. The van der Waals surface area contributed by atoms with Gasteiger partial charge in [0.15, 0.2) is 0 Å². The highest BCUT2D eigenvalue weighted by molar-refractivity contribution is 5.36. The molecule has 0 amide bonds. The molecule has 0 radical (unpaired) electrons. The van der Waals surface area contributed by atoms with Crippen molar-refractivity contribution in [2.45, 2.75) is 26.2 Å². The quantitative estimate of drug-likeness (QED) is 0.317. The van der Waals surface area contributed by atoms with Crippen molar-refractivity contribution >= 4 is 0 Å². The van der Waals surface area contributed by atoms with Gasteiger partial charge in [-0.1, -0.05) is 42.4 Å². The van der Waals surface area contributed by atoms with Gasteiger partial charge >= 0.3 is 0 Å². The van der Waals surface area contributed by atoms with E-state index < -0.39 is 0 Å². The van der Waals surface area contributed by atoms with Crippen molar-refractivity contribution in [3.63, 3.8) is 0 Å². The van der Waals surface area contributed by atoms with Crippen molar-refractivity contribution in [2.24, 2.45) is 5.11 Å². The molecular formula is C13H15N3. The van der Waals surface area contributed by atoms with Gasteiger partial charge in [-0.3, -0.25) is 0 Å². The average Bonchev–Trinajstić information content (AvgIpc) is 2.33. The molecule has 0 aliphatic carbocycles. The SMILES string of the molecule is CCCCc1ccc(C#CCN=[N+]=[N-])cc1. The molecule has 0 aromatic heterocycles. The van der Waals surface area contributed by atoms with E-state index in [-0.39, 0.29) is 6.54 Å². The van der Waals surface area contributed by atoms with Crippen molar-refractivity contribution in [1.29, 1.82) is 0 Å². The average molecular weight is 213 g/mol.